The Morgan fingerprint density at radius 1 is 1.30 bits per heavy atom. The summed E-state index contributed by atoms with van der Waals surface area (Å²) in [5.74, 6) is -0.239. The lowest BCUT2D eigenvalue weighted by atomic mass is 10.1. The molecule has 0 aliphatic rings. The van der Waals surface area contributed by atoms with Gasteiger partial charge in [0.2, 0.25) is 0 Å². The lowest BCUT2D eigenvalue weighted by Crippen LogP contribution is -2.13. The molecule has 0 saturated carbocycles. The molecule has 0 aliphatic carbocycles. The first-order valence-electron chi connectivity index (χ1n) is 7.38. The molecule has 0 unspecified atom stereocenters. The highest BCUT2D eigenvalue weighted by Gasteiger charge is 2.14. The van der Waals surface area contributed by atoms with Crippen molar-refractivity contribution in [1.29, 1.82) is 0 Å². The number of amides is 1. The summed E-state index contributed by atoms with van der Waals surface area (Å²) >= 11 is 0. The smallest absolute Gasteiger partial charge is 0.336 e. The van der Waals surface area contributed by atoms with E-state index in [9.17, 15) is 9.59 Å². The van der Waals surface area contributed by atoms with Crippen molar-refractivity contribution in [3.05, 3.63) is 57.7 Å². The second kappa shape index (κ2) is 5.72. The molecule has 6 heteroatoms. The molecule has 3 rings (SSSR count). The molecule has 0 aliphatic heterocycles. The van der Waals surface area contributed by atoms with E-state index in [0.717, 1.165) is 16.6 Å². The van der Waals surface area contributed by atoms with Gasteiger partial charge in [0.15, 0.2) is 0 Å². The number of anilines is 1. The van der Waals surface area contributed by atoms with Crippen molar-refractivity contribution < 1.29 is 9.21 Å². The van der Waals surface area contributed by atoms with Crippen LogP contribution < -0.4 is 10.9 Å². The first-order valence-corrected chi connectivity index (χ1v) is 7.38. The summed E-state index contributed by atoms with van der Waals surface area (Å²) in [5, 5.41) is 7.82. The van der Waals surface area contributed by atoms with E-state index < -0.39 is 5.63 Å². The molecule has 0 fully saturated rings. The summed E-state index contributed by atoms with van der Waals surface area (Å²) in [5.41, 5.74) is 2.80. The van der Waals surface area contributed by atoms with Crippen LogP contribution in [0.2, 0.25) is 0 Å². The van der Waals surface area contributed by atoms with Gasteiger partial charge < -0.3 is 9.73 Å². The zero-order chi connectivity index (χ0) is 16.6. The fourth-order valence-corrected chi connectivity index (χ4v) is 2.59. The summed E-state index contributed by atoms with van der Waals surface area (Å²) in [6, 6.07) is 6.71. The van der Waals surface area contributed by atoms with E-state index in [2.05, 4.69) is 10.4 Å². The van der Waals surface area contributed by atoms with E-state index in [-0.39, 0.29) is 5.91 Å². The third-order valence-corrected chi connectivity index (χ3v) is 3.86. The van der Waals surface area contributed by atoms with Crippen LogP contribution in [0.4, 0.5) is 5.69 Å². The Bertz CT molecular complexity index is 953. The Morgan fingerprint density at radius 3 is 2.78 bits per heavy atom. The number of hydrogen-bond donors (Lipinski definition) is 1. The number of carbonyl (C=O) groups excluding carboxylic acids is 1. The molecule has 0 radical (unpaired) electrons. The molecule has 2 aromatic heterocycles. The molecule has 1 N–H and O–H groups in total. The second-order valence-corrected chi connectivity index (χ2v) is 5.37. The van der Waals surface area contributed by atoms with E-state index in [4.69, 9.17) is 4.42 Å². The number of hydrogen-bond acceptors (Lipinski definition) is 4. The number of benzene rings is 1. The van der Waals surface area contributed by atoms with Crippen molar-refractivity contribution >= 4 is 22.6 Å². The van der Waals surface area contributed by atoms with Crippen molar-refractivity contribution in [1.82, 2.24) is 9.78 Å². The number of rotatable bonds is 3. The number of carbonyl (C=O) groups is 1. The molecule has 1 amide bonds. The number of fused-ring (bicyclic) bond motifs is 1. The second-order valence-electron chi connectivity index (χ2n) is 5.37. The lowest BCUT2D eigenvalue weighted by molar-refractivity contribution is 0.102. The van der Waals surface area contributed by atoms with E-state index >= 15 is 0 Å². The number of nitrogens with one attached hydrogen (secondary N) is 1. The predicted molar refractivity (Wildman–Crippen MR) is 87.8 cm³/mol. The third-order valence-electron chi connectivity index (χ3n) is 3.86. The van der Waals surface area contributed by atoms with Crippen LogP contribution in [0.5, 0.6) is 0 Å². The average Bonchev–Trinajstić information content (AvgIpc) is 2.87. The number of aryl methyl sites for hydroxylation is 2. The lowest BCUT2D eigenvalue weighted by Gasteiger charge is -2.07. The fourth-order valence-electron chi connectivity index (χ4n) is 2.59. The fraction of sp³-hybridized carbons (Fsp3) is 0.235. The minimum atomic E-state index is -0.404. The normalized spacial score (nSPS) is 10.9. The topological polar surface area (TPSA) is 77.1 Å². The van der Waals surface area contributed by atoms with Gasteiger partial charge in [-0.2, -0.15) is 5.10 Å². The first-order chi connectivity index (χ1) is 11.0. The maximum atomic E-state index is 12.4. The summed E-state index contributed by atoms with van der Waals surface area (Å²) in [6.07, 6.45) is 1.56. The van der Waals surface area contributed by atoms with Gasteiger partial charge >= 0.3 is 5.63 Å². The first kappa shape index (κ1) is 15.0. The standard InChI is InChI=1S/C17H17N3O3/c1-4-20-11(3)14(9-18-20)17(22)19-12-5-6-13-10(2)7-16(21)23-15(13)8-12/h5-9H,4H2,1-3H3,(H,19,22). The van der Waals surface area contributed by atoms with Crippen molar-refractivity contribution in [2.24, 2.45) is 0 Å². The minimum Gasteiger partial charge on any atom is -0.423 e. The molecule has 0 bridgehead atoms. The van der Waals surface area contributed by atoms with E-state index in [1.165, 1.54) is 6.07 Å². The molecule has 2 heterocycles. The zero-order valence-corrected chi connectivity index (χ0v) is 13.2. The summed E-state index contributed by atoms with van der Waals surface area (Å²) in [7, 11) is 0. The van der Waals surface area contributed by atoms with Gasteiger partial charge in [0.25, 0.3) is 5.91 Å². The van der Waals surface area contributed by atoms with Crippen LogP contribution in [0.1, 0.15) is 28.5 Å². The monoisotopic (exact) mass is 311 g/mol. The van der Waals surface area contributed by atoms with Crippen LogP contribution in [0.3, 0.4) is 0 Å². The van der Waals surface area contributed by atoms with Crippen LogP contribution in [-0.2, 0) is 6.54 Å². The van der Waals surface area contributed by atoms with Crippen molar-refractivity contribution in [2.45, 2.75) is 27.3 Å². The molecule has 0 spiro atoms. The van der Waals surface area contributed by atoms with Crippen LogP contribution >= 0.6 is 0 Å². The van der Waals surface area contributed by atoms with Crippen LogP contribution in [0.25, 0.3) is 11.0 Å². The van der Waals surface area contributed by atoms with Gasteiger partial charge in [-0.15, -0.1) is 0 Å². The Labute approximate surface area is 132 Å². The average molecular weight is 311 g/mol. The third kappa shape index (κ3) is 2.75. The Kier molecular flexibility index (Phi) is 3.73. The van der Waals surface area contributed by atoms with Gasteiger partial charge in [0, 0.05) is 35.4 Å². The Morgan fingerprint density at radius 2 is 2.09 bits per heavy atom. The van der Waals surface area contributed by atoms with Gasteiger partial charge in [-0.25, -0.2) is 4.79 Å². The molecular formula is C17H17N3O3. The van der Waals surface area contributed by atoms with Crippen LogP contribution in [0.15, 0.2) is 39.7 Å². The summed E-state index contributed by atoms with van der Waals surface area (Å²) < 4.78 is 6.95. The molecule has 118 valence electrons. The largest absolute Gasteiger partial charge is 0.423 e. The number of aromatic nitrogens is 2. The van der Waals surface area contributed by atoms with Crippen LogP contribution in [-0.4, -0.2) is 15.7 Å². The highest BCUT2D eigenvalue weighted by atomic mass is 16.4. The van der Waals surface area contributed by atoms with E-state index in [1.54, 1.807) is 23.0 Å². The molecule has 0 atom stereocenters. The SMILES string of the molecule is CCn1ncc(C(=O)Nc2ccc3c(C)cc(=O)oc3c2)c1C. The van der Waals surface area contributed by atoms with Crippen molar-refractivity contribution in [3.63, 3.8) is 0 Å². The predicted octanol–water partition coefficient (Wildman–Crippen LogP) is 2.88. The summed E-state index contributed by atoms with van der Waals surface area (Å²) in [4.78, 5) is 23.9. The minimum absolute atomic E-state index is 0.239. The van der Waals surface area contributed by atoms with Gasteiger partial charge in [-0.1, -0.05) is 0 Å². The highest BCUT2D eigenvalue weighted by Crippen LogP contribution is 2.21. The molecule has 6 nitrogen and oxygen atoms in total. The molecular weight excluding hydrogens is 294 g/mol. The van der Waals surface area contributed by atoms with Crippen molar-refractivity contribution in [3.8, 4) is 0 Å². The Hall–Kier alpha value is -2.89. The molecule has 23 heavy (non-hydrogen) atoms. The van der Waals surface area contributed by atoms with Gasteiger partial charge in [0.1, 0.15) is 5.58 Å². The van der Waals surface area contributed by atoms with Gasteiger partial charge in [-0.3, -0.25) is 9.48 Å². The molecule has 1 aromatic carbocycles. The molecule has 3 aromatic rings. The highest BCUT2D eigenvalue weighted by molar-refractivity contribution is 6.05. The van der Waals surface area contributed by atoms with Crippen LogP contribution in [0, 0.1) is 13.8 Å². The zero-order valence-electron chi connectivity index (χ0n) is 13.2. The van der Waals surface area contributed by atoms with E-state index in [1.807, 2.05) is 26.8 Å². The van der Waals surface area contributed by atoms with Gasteiger partial charge in [-0.05, 0) is 38.5 Å². The van der Waals surface area contributed by atoms with Crippen molar-refractivity contribution in [2.75, 3.05) is 5.32 Å². The number of nitrogens with zero attached hydrogens (tertiary/aromatic N) is 2. The summed E-state index contributed by atoms with van der Waals surface area (Å²) in [6.45, 7) is 6.38. The quantitative estimate of drug-likeness (QED) is 0.755. The molecule has 0 saturated heterocycles. The maximum Gasteiger partial charge on any atom is 0.336 e. The maximum absolute atomic E-state index is 12.4. The van der Waals surface area contributed by atoms with Gasteiger partial charge in [0.05, 0.1) is 11.8 Å². The Balaban J connectivity index is 1.93. The van der Waals surface area contributed by atoms with E-state index in [0.29, 0.717) is 23.4 Å².